The van der Waals surface area contributed by atoms with E-state index in [-0.39, 0.29) is 29.2 Å². The van der Waals surface area contributed by atoms with Crippen LogP contribution in [0.5, 0.6) is 0 Å². The number of rotatable bonds is 2. The second-order valence-electron chi connectivity index (χ2n) is 5.82. The highest BCUT2D eigenvalue weighted by Gasteiger charge is 2.41. The molecule has 5 rings (SSSR count). The zero-order chi connectivity index (χ0) is 16.3. The van der Waals surface area contributed by atoms with Crippen molar-refractivity contribution in [1.82, 2.24) is 9.55 Å². The Morgan fingerprint density at radius 3 is 2.87 bits per heavy atom. The van der Waals surface area contributed by atoms with Crippen molar-refractivity contribution in [3.05, 3.63) is 39.4 Å². The Bertz CT molecular complexity index is 855. The predicted molar refractivity (Wildman–Crippen MR) is 83.1 cm³/mol. The van der Waals surface area contributed by atoms with Gasteiger partial charge in [-0.1, -0.05) is 0 Å². The van der Waals surface area contributed by atoms with Gasteiger partial charge in [-0.3, -0.25) is 4.79 Å². The van der Waals surface area contributed by atoms with E-state index in [4.69, 9.17) is 4.74 Å². The number of nitrogens with zero attached hydrogens (tertiary/aromatic N) is 2. The van der Waals surface area contributed by atoms with Gasteiger partial charge >= 0.3 is 5.97 Å². The molecule has 0 radical (unpaired) electrons. The first-order valence-corrected chi connectivity index (χ1v) is 7.99. The number of imidazole rings is 1. The molecule has 3 heterocycles. The van der Waals surface area contributed by atoms with Crippen LogP contribution in [0.25, 0.3) is 11.4 Å². The van der Waals surface area contributed by atoms with Gasteiger partial charge in [0.15, 0.2) is 12.0 Å². The summed E-state index contributed by atoms with van der Waals surface area (Å²) in [5.74, 6) is -0.198. The van der Waals surface area contributed by atoms with Crippen LogP contribution in [0.4, 0.5) is 4.39 Å². The van der Waals surface area contributed by atoms with Crippen molar-refractivity contribution < 1.29 is 18.7 Å². The van der Waals surface area contributed by atoms with Crippen LogP contribution in [-0.2, 0) is 4.74 Å². The first-order valence-electron chi connectivity index (χ1n) is 7.20. The molecule has 0 unspecified atom stereocenters. The van der Waals surface area contributed by atoms with Crippen LogP contribution in [-0.4, -0.2) is 28.9 Å². The Hall–Kier alpha value is -2.02. The first-order chi connectivity index (χ1) is 11.0. The number of halogens is 2. The summed E-state index contributed by atoms with van der Waals surface area (Å²) in [6.07, 6.45) is 2.25. The molecule has 1 fully saturated rings. The fraction of sp³-hybridized carbons (Fsp3) is 0.312. The molecule has 5 nitrogen and oxygen atoms in total. The topological polar surface area (TPSA) is 61.2 Å². The molecule has 118 valence electrons. The van der Waals surface area contributed by atoms with Crippen molar-refractivity contribution in [3.63, 3.8) is 0 Å². The van der Waals surface area contributed by atoms with Crippen molar-refractivity contribution in [3.8, 4) is 11.4 Å². The Morgan fingerprint density at radius 1 is 1.48 bits per heavy atom. The van der Waals surface area contributed by atoms with Gasteiger partial charge in [-0.15, -0.1) is 0 Å². The third-order valence-electron chi connectivity index (χ3n) is 4.69. The van der Waals surface area contributed by atoms with Gasteiger partial charge < -0.3 is 9.30 Å². The van der Waals surface area contributed by atoms with Gasteiger partial charge in [0.25, 0.3) is 0 Å². The molecule has 7 heteroatoms. The van der Waals surface area contributed by atoms with Crippen molar-refractivity contribution in [2.24, 2.45) is 0 Å². The summed E-state index contributed by atoms with van der Waals surface area (Å²) in [6, 6.07) is 3.28. The lowest BCUT2D eigenvalue weighted by atomic mass is 9.75. The average Bonchev–Trinajstić information content (AvgIpc) is 2.76. The summed E-state index contributed by atoms with van der Waals surface area (Å²) in [5.41, 5.74) is 1.86. The first kappa shape index (κ1) is 14.6. The van der Waals surface area contributed by atoms with Crippen molar-refractivity contribution in [2.75, 3.05) is 7.11 Å². The van der Waals surface area contributed by atoms with Gasteiger partial charge in [-0.05, 0) is 52.4 Å². The number of aromatic nitrogens is 2. The Kier molecular flexibility index (Phi) is 3.16. The minimum atomic E-state index is -0.647. The van der Waals surface area contributed by atoms with Crippen molar-refractivity contribution in [2.45, 2.75) is 24.8 Å². The molecule has 0 atom stereocenters. The average molecular weight is 379 g/mol. The SMILES string of the molecule is COC(=O)c1nc2n(c1C=O)C1CC(C1)c1cc(F)c(Br)cc1-2. The highest BCUT2D eigenvalue weighted by atomic mass is 79.9. The van der Waals surface area contributed by atoms with Gasteiger partial charge in [0.1, 0.15) is 17.3 Å². The molecule has 2 bridgehead atoms. The van der Waals surface area contributed by atoms with Gasteiger partial charge in [-0.2, -0.15) is 0 Å². The molecule has 0 spiro atoms. The van der Waals surface area contributed by atoms with Gasteiger partial charge in [0.05, 0.1) is 11.6 Å². The minimum absolute atomic E-state index is 0.00856. The molecule has 1 aromatic heterocycles. The molecule has 1 aliphatic carbocycles. The summed E-state index contributed by atoms with van der Waals surface area (Å²) in [6.45, 7) is 0. The number of hydrogen-bond donors (Lipinski definition) is 0. The zero-order valence-corrected chi connectivity index (χ0v) is 13.8. The Labute approximate surface area is 139 Å². The second kappa shape index (κ2) is 4.99. The number of esters is 1. The van der Waals surface area contributed by atoms with E-state index in [0.29, 0.717) is 16.6 Å². The number of benzene rings is 1. The van der Waals surface area contributed by atoms with E-state index in [9.17, 15) is 14.0 Å². The van der Waals surface area contributed by atoms with Crippen LogP contribution in [0.3, 0.4) is 0 Å². The summed E-state index contributed by atoms with van der Waals surface area (Å²) < 4.78 is 20.8. The van der Waals surface area contributed by atoms with Gasteiger partial charge in [0, 0.05) is 11.6 Å². The molecule has 0 saturated heterocycles. The van der Waals surface area contributed by atoms with E-state index in [1.807, 2.05) is 0 Å². The van der Waals surface area contributed by atoms with E-state index in [1.165, 1.54) is 13.2 Å². The highest BCUT2D eigenvalue weighted by molar-refractivity contribution is 9.10. The van der Waals surface area contributed by atoms with Crippen LogP contribution < -0.4 is 0 Å². The molecule has 1 aromatic carbocycles. The van der Waals surface area contributed by atoms with E-state index in [0.717, 1.165) is 24.0 Å². The van der Waals surface area contributed by atoms with E-state index in [2.05, 4.69) is 20.9 Å². The fourth-order valence-electron chi connectivity index (χ4n) is 3.51. The number of ether oxygens (including phenoxy) is 1. The van der Waals surface area contributed by atoms with Crippen LogP contribution in [0, 0.1) is 5.82 Å². The number of aldehydes is 1. The number of hydrogen-bond acceptors (Lipinski definition) is 4. The Morgan fingerprint density at radius 2 is 2.22 bits per heavy atom. The van der Waals surface area contributed by atoms with Crippen LogP contribution >= 0.6 is 15.9 Å². The standard InChI is InChI=1S/C16H12BrFN2O3/c1-23-16(22)14-13(6-21)20-8-2-7(3-8)9-5-12(18)11(17)4-10(9)15(20)19-14/h4-8H,2-3H2,1H3. The summed E-state index contributed by atoms with van der Waals surface area (Å²) in [7, 11) is 1.25. The maximum absolute atomic E-state index is 13.9. The number of carbonyl (C=O) groups is 2. The summed E-state index contributed by atoms with van der Waals surface area (Å²) >= 11 is 3.20. The zero-order valence-electron chi connectivity index (χ0n) is 12.2. The lowest BCUT2D eigenvalue weighted by Crippen LogP contribution is -2.24. The Balaban J connectivity index is 2.03. The quantitative estimate of drug-likeness (QED) is 0.592. The smallest absolute Gasteiger partial charge is 0.359 e. The number of methoxy groups -OCH3 is 1. The lowest BCUT2D eigenvalue weighted by molar-refractivity contribution is 0.0591. The third kappa shape index (κ3) is 1.92. The number of carbonyl (C=O) groups excluding carboxylic acids is 2. The largest absolute Gasteiger partial charge is 0.464 e. The fourth-order valence-corrected chi connectivity index (χ4v) is 3.85. The predicted octanol–water partition coefficient (Wildman–Crippen LogP) is 3.48. The summed E-state index contributed by atoms with van der Waals surface area (Å²) in [5, 5.41) is 0. The van der Waals surface area contributed by atoms with Crippen LogP contribution in [0.2, 0.25) is 0 Å². The molecule has 23 heavy (non-hydrogen) atoms. The second-order valence-corrected chi connectivity index (χ2v) is 6.68. The summed E-state index contributed by atoms with van der Waals surface area (Å²) in [4.78, 5) is 27.8. The molecule has 0 amide bonds. The maximum atomic E-state index is 13.9. The minimum Gasteiger partial charge on any atom is -0.464 e. The van der Waals surface area contributed by atoms with Gasteiger partial charge in [0.2, 0.25) is 0 Å². The van der Waals surface area contributed by atoms with Crippen LogP contribution in [0.15, 0.2) is 16.6 Å². The molecular formula is C16H12BrFN2O3. The van der Waals surface area contributed by atoms with Crippen molar-refractivity contribution >= 4 is 28.2 Å². The van der Waals surface area contributed by atoms with E-state index < -0.39 is 5.97 Å². The molecular weight excluding hydrogens is 367 g/mol. The maximum Gasteiger partial charge on any atom is 0.359 e. The molecule has 1 saturated carbocycles. The molecule has 2 aliphatic heterocycles. The molecule has 2 aromatic rings. The third-order valence-corrected chi connectivity index (χ3v) is 5.30. The normalized spacial score (nSPS) is 20.8. The highest BCUT2D eigenvalue weighted by Crippen LogP contribution is 2.53. The van der Waals surface area contributed by atoms with E-state index in [1.54, 1.807) is 10.6 Å². The lowest BCUT2D eigenvalue weighted by Gasteiger charge is -2.35. The van der Waals surface area contributed by atoms with Crippen LogP contribution in [0.1, 0.15) is 51.3 Å². The van der Waals surface area contributed by atoms with E-state index >= 15 is 0 Å². The molecule has 0 N–H and O–H groups in total. The van der Waals surface area contributed by atoms with Gasteiger partial charge in [-0.25, -0.2) is 14.2 Å². The molecule has 3 aliphatic rings. The monoisotopic (exact) mass is 378 g/mol. The van der Waals surface area contributed by atoms with Crippen molar-refractivity contribution in [1.29, 1.82) is 0 Å².